The van der Waals surface area contributed by atoms with Gasteiger partial charge in [0.2, 0.25) is 0 Å². The van der Waals surface area contributed by atoms with Crippen molar-refractivity contribution in [2.24, 2.45) is 0 Å². The lowest BCUT2D eigenvalue weighted by atomic mass is 10.1. The van der Waals surface area contributed by atoms with Gasteiger partial charge in [-0.2, -0.15) is 0 Å². The van der Waals surface area contributed by atoms with Gasteiger partial charge in [-0.3, -0.25) is 9.05 Å². The van der Waals surface area contributed by atoms with E-state index >= 15 is 0 Å². The van der Waals surface area contributed by atoms with Crippen LogP contribution in [0.25, 0.3) is 10.8 Å². The number of phosphoric acid groups is 1. The molecule has 2 rings (SSSR count). The molecule has 0 spiro atoms. The summed E-state index contributed by atoms with van der Waals surface area (Å²) in [5.41, 5.74) is 0. The maximum Gasteiger partial charge on any atom is 0.530 e. The van der Waals surface area contributed by atoms with Gasteiger partial charge in [0.1, 0.15) is 11.5 Å². The van der Waals surface area contributed by atoms with Crippen molar-refractivity contribution >= 4 is 18.6 Å². The van der Waals surface area contributed by atoms with Crippen molar-refractivity contribution in [3.63, 3.8) is 0 Å². The fraction of sp³-hybridized carbons (Fsp3) is 0.375. The van der Waals surface area contributed by atoms with Gasteiger partial charge in [0, 0.05) is 10.8 Å². The molecule has 22 heavy (non-hydrogen) atoms. The summed E-state index contributed by atoms with van der Waals surface area (Å²) in [6.45, 7) is 4.41. The molecule has 2 aromatic carbocycles. The lowest BCUT2D eigenvalue weighted by molar-refractivity contribution is 0.156. The molecular weight excluding hydrogens is 303 g/mol. The van der Waals surface area contributed by atoms with Crippen LogP contribution < -0.4 is 4.52 Å². The molecule has 120 valence electrons. The van der Waals surface area contributed by atoms with E-state index in [0.29, 0.717) is 29.4 Å². The predicted octanol–water partition coefficient (Wildman–Crippen LogP) is 4.89. The molecule has 0 radical (unpaired) electrons. The molecule has 0 fully saturated rings. The highest BCUT2D eigenvalue weighted by Gasteiger charge is 2.29. The molecule has 0 aliphatic heterocycles. The van der Waals surface area contributed by atoms with Crippen molar-refractivity contribution in [2.45, 2.75) is 26.7 Å². The van der Waals surface area contributed by atoms with E-state index < -0.39 is 7.82 Å². The van der Waals surface area contributed by atoms with Crippen molar-refractivity contribution in [1.29, 1.82) is 0 Å². The average molecular weight is 324 g/mol. The predicted molar refractivity (Wildman–Crippen MR) is 86.3 cm³/mol. The first kappa shape index (κ1) is 16.8. The molecule has 2 aromatic rings. The SMILES string of the molecule is CCCOP(=O)(OCCC)Oc1ccc(O)c2ccccc12. The monoisotopic (exact) mass is 324 g/mol. The van der Waals surface area contributed by atoms with Crippen molar-refractivity contribution in [2.75, 3.05) is 13.2 Å². The van der Waals surface area contributed by atoms with Crippen molar-refractivity contribution in [1.82, 2.24) is 0 Å². The highest BCUT2D eigenvalue weighted by atomic mass is 31.2. The Bertz CT molecular complexity index is 659. The number of phenolic OH excluding ortho intramolecular Hbond substituents is 1. The van der Waals surface area contributed by atoms with Crippen LogP contribution >= 0.6 is 7.82 Å². The van der Waals surface area contributed by atoms with Crippen LogP contribution in [0.15, 0.2) is 36.4 Å². The second kappa shape index (κ2) is 7.63. The van der Waals surface area contributed by atoms with E-state index in [4.69, 9.17) is 13.6 Å². The van der Waals surface area contributed by atoms with Crippen LogP contribution in [-0.2, 0) is 13.6 Å². The molecule has 0 bridgehead atoms. The molecule has 5 nitrogen and oxygen atoms in total. The molecule has 0 aliphatic carbocycles. The van der Waals surface area contributed by atoms with E-state index in [1.807, 2.05) is 26.0 Å². The number of aromatic hydroxyl groups is 1. The molecule has 0 saturated carbocycles. The zero-order valence-electron chi connectivity index (χ0n) is 12.8. The molecule has 0 unspecified atom stereocenters. The summed E-state index contributed by atoms with van der Waals surface area (Å²) in [5, 5.41) is 11.2. The second-order valence-electron chi connectivity index (χ2n) is 4.83. The van der Waals surface area contributed by atoms with E-state index in [2.05, 4.69) is 0 Å². The Morgan fingerprint density at radius 2 is 1.55 bits per heavy atom. The number of benzene rings is 2. The summed E-state index contributed by atoms with van der Waals surface area (Å²) in [6.07, 6.45) is 1.42. The van der Waals surface area contributed by atoms with Gasteiger partial charge in [-0.05, 0) is 25.0 Å². The topological polar surface area (TPSA) is 65.0 Å². The van der Waals surface area contributed by atoms with E-state index in [9.17, 15) is 9.67 Å². The minimum atomic E-state index is -3.68. The molecule has 0 atom stereocenters. The number of rotatable bonds is 8. The Balaban J connectivity index is 2.33. The molecule has 0 amide bonds. The Hall–Kier alpha value is -1.55. The lowest BCUT2D eigenvalue weighted by Gasteiger charge is -2.19. The molecule has 1 N–H and O–H groups in total. The average Bonchev–Trinajstić information content (AvgIpc) is 2.54. The summed E-state index contributed by atoms with van der Waals surface area (Å²) in [6, 6.07) is 10.2. The van der Waals surface area contributed by atoms with Gasteiger partial charge in [0.15, 0.2) is 0 Å². The molecule has 0 saturated heterocycles. The molecule has 0 aromatic heterocycles. The first-order valence-electron chi connectivity index (χ1n) is 7.39. The van der Waals surface area contributed by atoms with Gasteiger partial charge in [0.25, 0.3) is 0 Å². The number of fused-ring (bicyclic) bond motifs is 1. The number of phosphoric ester groups is 1. The quantitative estimate of drug-likeness (QED) is 0.701. The van der Waals surface area contributed by atoms with Crippen molar-refractivity contribution in [3.8, 4) is 11.5 Å². The first-order chi connectivity index (χ1) is 10.6. The van der Waals surface area contributed by atoms with Crippen LogP contribution in [0.4, 0.5) is 0 Å². The minimum absolute atomic E-state index is 0.140. The number of hydrogen-bond acceptors (Lipinski definition) is 5. The minimum Gasteiger partial charge on any atom is -0.507 e. The van der Waals surface area contributed by atoms with Crippen molar-refractivity contribution in [3.05, 3.63) is 36.4 Å². The summed E-state index contributed by atoms with van der Waals surface area (Å²) in [5.74, 6) is 0.505. The van der Waals surface area contributed by atoms with Crippen LogP contribution in [0.5, 0.6) is 11.5 Å². The molecular formula is C16H21O5P. The van der Waals surface area contributed by atoms with Gasteiger partial charge in [-0.1, -0.05) is 38.1 Å². The lowest BCUT2D eigenvalue weighted by Crippen LogP contribution is -2.04. The second-order valence-corrected chi connectivity index (χ2v) is 6.43. The van der Waals surface area contributed by atoms with Crippen LogP contribution in [0.2, 0.25) is 0 Å². The van der Waals surface area contributed by atoms with Crippen LogP contribution in [0, 0.1) is 0 Å². The van der Waals surface area contributed by atoms with Crippen LogP contribution in [-0.4, -0.2) is 18.3 Å². The Kier molecular flexibility index (Phi) is 5.83. The fourth-order valence-electron chi connectivity index (χ4n) is 1.95. The zero-order valence-corrected chi connectivity index (χ0v) is 13.7. The maximum absolute atomic E-state index is 12.7. The summed E-state index contributed by atoms with van der Waals surface area (Å²) >= 11 is 0. The van der Waals surface area contributed by atoms with Crippen LogP contribution in [0.3, 0.4) is 0 Å². The van der Waals surface area contributed by atoms with Gasteiger partial charge in [0.05, 0.1) is 13.2 Å². The summed E-state index contributed by atoms with van der Waals surface area (Å²) in [4.78, 5) is 0. The zero-order chi connectivity index (χ0) is 16.0. The Morgan fingerprint density at radius 1 is 0.955 bits per heavy atom. The van der Waals surface area contributed by atoms with E-state index in [-0.39, 0.29) is 19.0 Å². The molecule has 0 aliphatic rings. The summed E-state index contributed by atoms with van der Waals surface area (Å²) < 4.78 is 28.9. The normalized spacial score (nSPS) is 11.7. The van der Waals surface area contributed by atoms with Gasteiger partial charge < -0.3 is 9.63 Å². The highest BCUT2D eigenvalue weighted by Crippen LogP contribution is 2.51. The molecule has 6 heteroatoms. The number of phenols is 1. The van der Waals surface area contributed by atoms with Gasteiger partial charge >= 0.3 is 7.82 Å². The van der Waals surface area contributed by atoms with Gasteiger partial charge in [-0.25, -0.2) is 4.57 Å². The van der Waals surface area contributed by atoms with Gasteiger partial charge in [-0.15, -0.1) is 0 Å². The van der Waals surface area contributed by atoms with E-state index in [1.165, 1.54) is 6.07 Å². The largest absolute Gasteiger partial charge is 0.530 e. The Labute approximate surface area is 130 Å². The Morgan fingerprint density at radius 3 is 2.14 bits per heavy atom. The third kappa shape index (κ3) is 4.01. The molecule has 0 heterocycles. The maximum atomic E-state index is 12.7. The van der Waals surface area contributed by atoms with E-state index in [0.717, 1.165) is 0 Å². The first-order valence-corrected chi connectivity index (χ1v) is 8.85. The van der Waals surface area contributed by atoms with Crippen LogP contribution in [0.1, 0.15) is 26.7 Å². The number of hydrogen-bond donors (Lipinski definition) is 1. The third-order valence-electron chi connectivity index (χ3n) is 2.98. The smallest absolute Gasteiger partial charge is 0.507 e. The van der Waals surface area contributed by atoms with Crippen molar-refractivity contribution < 1.29 is 23.2 Å². The third-order valence-corrected chi connectivity index (χ3v) is 4.40. The standard InChI is InChI=1S/C16H21O5P/c1-3-11-19-22(18,20-12-4-2)21-16-10-9-15(17)13-7-5-6-8-14(13)16/h5-10,17H,3-4,11-12H2,1-2H3. The fourth-order valence-corrected chi connectivity index (χ4v) is 3.34. The highest BCUT2D eigenvalue weighted by molar-refractivity contribution is 7.48. The van der Waals surface area contributed by atoms with E-state index in [1.54, 1.807) is 18.2 Å². The summed E-state index contributed by atoms with van der Waals surface area (Å²) in [7, 11) is -3.68.